The van der Waals surface area contributed by atoms with E-state index >= 15 is 0 Å². The van der Waals surface area contributed by atoms with Crippen molar-refractivity contribution in [1.29, 1.82) is 5.26 Å². The number of nitriles is 1. The summed E-state index contributed by atoms with van der Waals surface area (Å²) in [5.74, 6) is 0. The van der Waals surface area contributed by atoms with Gasteiger partial charge >= 0.3 is 5.69 Å². The molecule has 0 radical (unpaired) electrons. The van der Waals surface area contributed by atoms with E-state index in [2.05, 4.69) is 11.1 Å². The summed E-state index contributed by atoms with van der Waals surface area (Å²) < 4.78 is 27.4. The first-order chi connectivity index (χ1) is 17.5. The fraction of sp³-hybridized carbons (Fsp3) is 0.783. The Balaban J connectivity index is 2.33. The Morgan fingerprint density at radius 1 is 1.22 bits per heavy atom. The molecule has 0 spiro atoms. The SMILES string of the molecule is Cc1cn([C@@H]2O[C@H](COCCON(C)C)[C@@H](OP(OCCC#N)N(C(C)C)C(C)C)[C@H]2O)c(=O)[nH]c1=O. The summed E-state index contributed by atoms with van der Waals surface area (Å²) in [5.41, 5.74) is -0.930. The molecule has 14 heteroatoms. The largest absolute Gasteiger partial charge is 0.386 e. The number of aryl methyl sites for hydroxylation is 1. The molecule has 5 atom stereocenters. The van der Waals surface area contributed by atoms with E-state index in [1.54, 1.807) is 26.1 Å². The Morgan fingerprint density at radius 3 is 2.49 bits per heavy atom. The summed E-state index contributed by atoms with van der Waals surface area (Å²) in [7, 11) is 1.82. The normalized spacial score (nSPS) is 22.9. The van der Waals surface area contributed by atoms with Gasteiger partial charge in [0.1, 0.15) is 18.3 Å². The van der Waals surface area contributed by atoms with E-state index in [0.717, 1.165) is 4.57 Å². The van der Waals surface area contributed by atoms with Crippen LogP contribution < -0.4 is 11.2 Å². The van der Waals surface area contributed by atoms with Crippen molar-refractivity contribution >= 4 is 8.53 Å². The predicted octanol–water partition coefficient (Wildman–Crippen LogP) is 1.27. The van der Waals surface area contributed by atoms with Crippen molar-refractivity contribution in [2.45, 2.75) is 77.7 Å². The zero-order valence-corrected chi connectivity index (χ0v) is 23.5. The molecule has 37 heavy (non-hydrogen) atoms. The number of nitrogens with one attached hydrogen (secondary N) is 1. The summed E-state index contributed by atoms with van der Waals surface area (Å²) >= 11 is 0. The minimum atomic E-state index is -1.71. The van der Waals surface area contributed by atoms with Gasteiger partial charge in [-0.05, 0) is 34.6 Å². The molecular weight excluding hydrogens is 505 g/mol. The lowest BCUT2D eigenvalue weighted by Crippen LogP contribution is -2.41. The maximum atomic E-state index is 12.5. The Labute approximate surface area is 218 Å². The first-order valence-electron chi connectivity index (χ1n) is 12.3. The van der Waals surface area contributed by atoms with Gasteiger partial charge in [-0.15, -0.1) is 0 Å². The lowest BCUT2D eigenvalue weighted by atomic mass is 10.1. The van der Waals surface area contributed by atoms with Crippen molar-refractivity contribution < 1.29 is 28.5 Å². The monoisotopic (exact) mass is 545 g/mol. The van der Waals surface area contributed by atoms with Crippen LogP contribution in [-0.2, 0) is 23.4 Å². The van der Waals surface area contributed by atoms with E-state index in [0.29, 0.717) is 12.2 Å². The molecule has 1 aromatic rings. The van der Waals surface area contributed by atoms with Crippen LogP contribution in [-0.4, -0.2) is 95.3 Å². The molecule has 210 valence electrons. The number of hydrogen-bond acceptors (Lipinski definition) is 11. The van der Waals surface area contributed by atoms with Gasteiger partial charge in [0.15, 0.2) is 6.23 Å². The predicted molar refractivity (Wildman–Crippen MR) is 137 cm³/mol. The second-order valence-electron chi connectivity index (χ2n) is 9.37. The first-order valence-corrected chi connectivity index (χ1v) is 13.4. The molecule has 1 fully saturated rings. The fourth-order valence-corrected chi connectivity index (χ4v) is 5.64. The van der Waals surface area contributed by atoms with Crippen LogP contribution in [0.2, 0.25) is 0 Å². The van der Waals surface area contributed by atoms with Crippen molar-refractivity contribution in [3.63, 3.8) is 0 Å². The van der Waals surface area contributed by atoms with Gasteiger partial charge in [0.2, 0.25) is 0 Å². The zero-order chi connectivity index (χ0) is 27.7. The number of hydroxylamine groups is 2. The average Bonchev–Trinajstić information content (AvgIpc) is 3.10. The molecule has 2 rings (SSSR count). The lowest BCUT2D eigenvalue weighted by Gasteiger charge is -2.37. The number of ether oxygens (including phenoxy) is 2. The molecule has 0 bridgehead atoms. The lowest BCUT2D eigenvalue weighted by molar-refractivity contribution is -0.140. The van der Waals surface area contributed by atoms with Gasteiger partial charge in [-0.2, -0.15) is 10.3 Å². The van der Waals surface area contributed by atoms with E-state index in [9.17, 15) is 14.7 Å². The van der Waals surface area contributed by atoms with Crippen LogP contribution in [0.1, 0.15) is 45.9 Å². The molecule has 1 aliphatic rings. The minimum absolute atomic E-state index is 0.0470. The van der Waals surface area contributed by atoms with Crippen LogP contribution in [0.15, 0.2) is 15.8 Å². The summed E-state index contributed by atoms with van der Waals surface area (Å²) in [6, 6.07) is 2.15. The highest BCUT2D eigenvalue weighted by atomic mass is 31.2. The second-order valence-corrected chi connectivity index (χ2v) is 10.8. The van der Waals surface area contributed by atoms with Gasteiger partial charge in [-0.3, -0.25) is 19.2 Å². The van der Waals surface area contributed by atoms with Crippen molar-refractivity contribution in [3.05, 3.63) is 32.6 Å². The van der Waals surface area contributed by atoms with Crippen LogP contribution in [0.4, 0.5) is 0 Å². The zero-order valence-electron chi connectivity index (χ0n) is 22.6. The standard InChI is InChI=1S/C23H40N5O8P/c1-15(2)28(16(3)4)37(34-10-8-9-24)36-20-18(14-32-11-12-33-26(6)7)35-22(19(20)29)27-13-17(5)21(30)25-23(27)31/h13,15-16,18-20,22,29H,8,10-12,14H2,1-7H3,(H,25,30,31)/t18-,19-,20-,22-,37?/m1/s1. The van der Waals surface area contributed by atoms with Crippen LogP contribution >= 0.6 is 8.53 Å². The molecule has 0 aliphatic carbocycles. The molecule has 2 heterocycles. The second kappa shape index (κ2) is 15.0. The Hall–Kier alpha value is -1.72. The van der Waals surface area contributed by atoms with E-state index < -0.39 is 44.3 Å². The van der Waals surface area contributed by atoms with Gasteiger partial charge in [0, 0.05) is 37.9 Å². The van der Waals surface area contributed by atoms with E-state index in [1.807, 2.05) is 32.4 Å². The highest BCUT2D eigenvalue weighted by molar-refractivity contribution is 7.44. The van der Waals surface area contributed by atoms with Gasteiger partial charge in [0.25, 0.3) is 14.1 Å². The summed E-state index contributed by atoms with van der Waals surface area (Å²) in [5, 5.41) is 21.9. The molecule has 0 saturated carbocycles. The van der Waals surface area contributed by atoms with E-state index in [4.69, 9.17) is 28.6 Å². The molecule has 1 saturated heterocycles. The third-order valence-corrected chi connectivity index (χ3v) is 7.59. The van der Waals surface area contributed by atoms with Crippen molar-refractivity contribution in [2.75, 3.05) is 40.5 Å². The maximum Gasteiger partial charge on any atom is 0.330 e. The molecule has 13 nitrogen and oxygen atoms in total. The van der Waals surface area contributed by atoms with E-state index in [-0.39, 0.29) is 38.3 Å². The maximum absolute atomic E-state index is 12.5. The molecule has 2 N–H and O–H groups in total. The number of H-pyrrole nitrogens is 1. The summed E-state index contributed by atoms with van der Waals surface area (Å²) in [6.45, 7) is 10.4. The smallest absolute Gasteiger partial charge is 0.330 e. The minimum Gasteiger partial charge on any atom is -0.386 e. The Kier molecular flexibility index (Phi) is 12.8. The quantitative estimate of drug-likeness (QED) is 0.186. The van der Waals surface area contributed by atoms with Gasteiger partial charge < -0.3 is 23.6 Å². The number of aromatic amines is 1. The molecular formula is C23H40N5O8P. The van der Waals surface area contributed by atoms with Crippen molar-refractivity contribution in [2.24, 2.45) is 0 Å². The van der Waals surface area contributed by atoms with Crippen molar-refractivity contribution in [1.82, 2.24) is 19.3 Å². The van der Waals surface area contributed by atoms with Crippen LogP contribution in [0.3, 0.4) is 0 Å². The number of aromatic nitrogens is 2. The molecule has 1 aliphatic heterocycles. The molecule has 0 amide bonds. The van der Waals surface area contributed by atoms with Crippen LogP contribution in [0.25, 0.3) is 0 Å². The molecule has 1 unspecified atom stereocenters. The van der Waals surface area contributed by atoms with E-state index in [1.165, 1.54) is 6.20 Å². The summed E-state index contributed by atoms with van der Waals surface area (Å²) in [4.78, 5) is 32.0. The third kappa shape index (κ3) is 8.92. The summed E-state index contributed by atoms with van der Waals surface area (Å²) in [6.07, 6.45) is -2.55. The highest BCUT2D eigenvalue weighted by Gasteiger charge is 2.48. The van der Waals surface area contributed by atoms with Gasteiger partial charge in [-0.1, -0.05) is 0 Å². The third-order valence-electron chi connectivity index (χ3n) is 5.46. The van der Waals surface area contributed by atoms with Gasteiger partial charge in [-0.25, -0.2) is 9.46 Å². The van der Waals surface area contributed by atoms with Crippen LogP contribution in [0.5, 0.6) is 0 Å². The fourth-order valence-electron chi connectivity index (χ4n) is 3.87. The number of rotatable bonds is 15. The average molecular weight is 546 g/mol. The number of aliphatic hydroxyl groups is 1. The molecule has 1 aromatic heterocycles. The Morgan fingerprint density at radius 2 is 1.89 bits per heavy atom. The highest BCUT2D eigenvalue weighted by Crippen LogP contribution is 2.50. The molecule has 0 aromatic carbocycles. The number of aliphatic hydroxyl groups excluding tert-OH is 1. The van der Waals surface area contributed by atoms with Crippen molar-refractivity contribution in [3.8, 4) is 6.07 Å². The first kappa shape index (κ1) is 31.5. The topological polar surface area (TPSA) is 152 Å². The number of nitrogens with zero attached hydrogens (tertiary/aromatic N) is 4. The Bertz CT molecular complexity index is 987. The van der Waals surface area contributed by atoms with Gasteiger partial charge in [0.05, 0.1) is 38.9 Å². The number of hydrogen-bond donors (Lipinski definition) is 2. The van der Waals surface area contributed by atoms with Crippen LogP contribution in [0, 0.1) is 18.3 Å².